The second-order valence-corrected chi connectivity index (χ2v) is 7.40. The number of hydrogen-bond donors (Lipinski definition) is 2. The lowest BCUT2D eigenvalue weighted by Gasteiger charge is -2.30. The molecule has 2 N–H and O–H groups in total. The van der Waals surface area contributed by atoms with Crippen LogP contribution in [0.5, 0.6) is 0 Å². The molecular formula is C18H37IN4O. The van der Waals surface area contributed by atoms with Crippen LogP contribution in [0.25, 0.3) is 0 Å². The van der Waals surface area contributed by atoms with Crippen LogP contribution in [0.15, 0.2) is 4.99 Å². The molecule has 0 spiro atoms. The van der Waals surface area contributed by atoms with Gasteiger partial charge in [-0.25, -0.2) is 0 Å². The monoisotopic (exact) mass is 452 g/mol. The SMILES string of the molecule is CCNC(=NCCCN(C(C)C)C(C)C)NC1CC2CCC1O2.I. The summed E-state index contributed by atoms with van der Waals surface area (Å²) in [4.78, 5) is 7.29. The minimum Gasteiger partial charge on any atom is -0.373 e. The van der Waals surface area contributed by atoms with Crippen LogP contribution in [0.1, 0.15) is 60.3 Å². The van der Waals surface area contributed by atoms with Gasteiger partial charge in [0.2, 0.25) is 0 Å². The first kappa shape index (κ1) is 22.0. The van der Waals surface area contributed by atoms with E-state index in [0.29, 0.717) is 30.3 Å². The molecule has 0 aromatic heterocycles. The molecule has 2 saturated heterocycles. The first-order valence-electron chi connectivity index (χ1n) is 9.47. The van der Waals surface area contributed by atoms with E-state index in [4.69, 9.17) is 9.73 Å². The maximum atomic E-state index is 5.92. The molecule has 0 radical (unpaired) electrons. The molecule has 0 amide bonds. The Balaban J connectivity index is 0.00000288. The Hall–Kier alpha value is -0.0800. The van der Waals surface area contributed by atoms with Gasteiger partial charge in [0.05, 0.1) is 18.2 Å². The summed E-state index contributed by atoms with van der Waals surface area (Å²) in [5.74, 6) is 0.953. The first-order chi connectivity index (χ1) is 11.0. The standard InChI is InChI=1S/C18H36N4O.HI/c1-6-19-18(21-16-12-15-8-9-17(16)23-15)20-10-7-11-22(13(2)3)14(4)5;/h13-17H,6-12H2,1-5H3,(H2,19,20,21);1H. The predicted octanol–water partition coefficient (Wildman–Crippen LogP) is 2.99. The number of rotatable bonds is 8. The van der Waals surface area contributed by atoms with Crippen LogP contribution in [0.4, 0.5) is 0 Å². The second kappa shape index (κ2) is 10.8. The van der Waals surface area contributed by atoms with Gasteiger partial charge in [-0.2, -0.15) is 0 Å². The Bertz CT molecular complexity index is 381. The molecule has 142 valence electrons. The number of halogens is 1. The van der Waals surface area contributed by atoms with Gasteiger partial charge < -0.3 is 15.4 Å². The highest BCUT2D eigenvalue weighted by molar-refractivity contribution is 14.0. The normalized spacial score (nSPS) is 26.3. The third kappa shape index (κ3) is 6.33. The third-order valence-corrected chi connectivity index (χ3v) is 4.94. The van der Waals surface area contributed by atoms with Crippen LogP contribution in [0.2, 0.25) is 0 Å². The molecule has 2 aliphatic heterocycles. The summed E-state index contributed by atoms with van der Waals surface area (Å²) in [5.41, 5.74) is 0. The lowest BCUT2D eigenvalue weighted by Crippen LogP contribution is -2.47. The molecule has 24 heavy (non-hydrogen) atoms. The Kier molecular flexibility index (Phi) is 9.89. The number of aliphatic imine (C=N–C) groups is 1. The fraction of sp³-hybridized carbons (Fsp3) is 0.944. The van der Waals surface area contributed by atoms with Crippen molar-refractivity contribution in [2.45, 2.75) is 90.6 Å². The van der Waals surface area contributed by atoms with Crippen LogP contribution in [0, 0.1) is 0 Å². The van der Waals surface area contributed by atoms with Crippen molar-refractivity contribution in [2.75, 3.05) is 19.6 Å². The minimum atomic E-state index is 0. The molecule has 3 atom stereocenters. The molecule has 2 fully saturated rings. The lowest BCUT2D eigenvalue weighted by molar-refractivity contribution is 0.0992. The summed E-state index contributed by atoms with van der Waals surface area (Å²) in [6.45, 7) is 14.1. The molecule has 2 aliphatic rings. The van der Waals surface area contributed by atoms with E-state index in [9.17, 15) is 0 Å². The van der Waals surface area contributed by atoms with E-state index >= 15 is 0 Å². The first-order valence-corrected chi connectivity index (χ1v) is 9.47. The molecule has 0 aromatic rings. The molecule has 0 aromatic carbocycles. The van der Waals surface area contributed by atoms with Crippen molar-refractivity contribution < 1.29 is 4.74 Å². The summed E-state index contributed by atoms with van der Waals surface area (Å²) in [5, 5.41) is 6.95. The number of nitrogens with one attached hydrogen (secondary N) is 2. The molecule has 2 heterocycles. The van der Waals surface area contributed by atoms with Gasteiger partial charge in [-0.3, -0.25) is 9.89 Å². The molecule has 3 unspecified atom stereocenters. The van der Waals surface area contributed by atoms with E-state index in [2.05, 4.69) is 50.2 Å². The van der Waals surface area contributed by atoms with E-state index in [-0.39, 0.29) is 24.0 Å². The molecule has 5 nitrogen and oxygen atoms in total. The van der Waals surface area contributed by atoms with Gasteiger partial charge in [0.1, 0.15) is 0 Å². The van der Waals surface area contributed by atoms with Crippen molar-refractivity contribution in [3.63, 3.8) is 0 Å². The Morgan fingerprint density at radius 3 is 2.42 bits per heavy atom. The molecule has 6 heteroatoms. The summed E-state index contributed by atoms with van der Waals surface area (Å²) < 4.78 is 5.92. The maximum absolute atomic E-state index is 5.92. The average molecular weight is 452 g/mol. The largest absolute Gasteiger partial charge is 0.373 e. The van der Waals surface area contributed by atoms with E-state index in [1.54, 1.807) is 0 Å². The van der Waals surface area contributed by atoms with Gasteiger partial charge in [0.15, 0.2) is 5.96 Å². The van der Waals surface area contributed by atoms with Crippen molar-refractivity contribution in [2.24, 2.45) is 4.99 Å². The summed E-state index contributed by atoms with van der Waals surface area (Å²) in [6.07, 6.45) is 5.52. The summed E-state index contributed by atoms with van der Waals surface area (Å²) in [6, 6.07) is 1.63. The topological polar surface area (TPSA) is 48.9 Å². The number of hydrogen-bond acceptors (Lipinski definition) is 3. The highest BCUT2D eigenvalue weighted by atomic mass is 127. The minimum absolute atomic E-state index is 0. The van der Waals surface area contributed by atoms with Gasteiger partial charge in [0, 0.05) is 31.7 Å². The van der Waals surface area contributed by atoms with Gasteiger partial charge in [0.25, 0.3) is 0 Å². The Labute approximate surface area is 165 Å². The van der Waals surface area contributed by atoms with Gasteiger partial charge in [-0.05, 0) is 60.3 Å². The lowest BCUT2D eigenvalue weighted by atomic mass is 9.96. The molecule has 2 bridgehead atoms. The Morgan fingerprint density at radius 1 is 1.21 bits per heavy atom. The van der Waals surface area contributed by atoms with Crippen molar-refractivity contribution in [1.82, 2.24) is 15.5 Å². The van der Waals surface area contributed by atoms with Crippen molar-refractivity contribution >= 4 is 29.9 Å². The smallest absolute Gasteiger partial charge is 0.191 e. The number of nitrogens with zero attached hydrogens (tertiary/aromatic N) is 2. The molecular weight excluding hydrogens is 415 g/mol. The van der Waals surface area contributed by atoms with Gasteiger partial charge in [-0.15, -0.1) is 24.0 Å². The van der Waals surface area contributed by atoms with Gasteiger partial charge >= 0.3 is 0 Å². The predicted molar refractivity (Wildman–Crippen MR) is 112 cm³/mol. The zero-order valence-electron chi connectivity index (χ0n) is 16.0. The fourth-order valence-corrected chi connectivity index (χ4v) is 3.84. The quantitative estimate of drug-likeness (QED) is 0.257. The van der Waals surface area contributed by atoms with E-state index < -0.39 is 0 Å². The van der Waals surface area contributed by atoms with E-state index in [1.165, 1.54) is 12.8 Å². The zero-order chi connectivity index (χ0) is 16.8. The number of fused-ring (bicyclic) bond motifs is 2. The van der Waals surface area contributed by atoms with Crippen LogP contribution in [0.3, 0.4) is 0 Å². The Morgan fingerprint density at radius 2 is 1.92 bits per heavy atom. The van der Waals surface area contributed by atoms with Crippen LogP contribution < -0.4 is 10.6 Å². The molecule has 0 saturated carbocycles. The molecule has 2 rings (SSSR count). The highest BCUT2D eigenvalue weighted by Crippen LogP contribution is 2.34. The zero-order valence-corrected chi connectivity index (χ0v) is 18.4. The van der Waals surface area contributed by atoms with Crippen molar-refractivity contribution in [1.29, 1.82) is 0 Å². The molecule has 0 aliphatic carbocycles. The van der Waals surface area contributed by atoms with E-state index in [0.717, 1.165) is 38.4 Å². The number of ether oxygens (including phenoxy) is 1. The van der Waals surface area contributed by atoms with Gasteiger partial charge in [-0.1, -0.05) is 0 Å². The van der Waals surface area contributed by atoms with E-state index in [1.807, 2.05) is 0 Å². The third-order valence-electron chi connectivity index (χ3n) is 4.94. The fourth-order valence-electron chi connectivity index (χ4n) is 3.84. The highest BCUT2D eigenvalue weighted by Gasteiger charge is 2.41. The van der Waals surface area contributed by atoms with Crippen LogP contribution in [-0.4, -0.2) is 60.8 Å². The van der Waals surface area contributed by atoms with Crippen LogP contribution in [-0.2, 0) is 4.74 Å². The summed E-state index contributed by atoms with van der Waals surface area (Å²) >= 11 is 0. The van der Waals surface area contributed by atoms with Crippen molar-refractivity contribution in [3.05, 3.63) is 0 Å². The average Bonchev–Trinajstić information content (AvgIpc) is 3.08. The summed E-state index contributed by atoms with van der Waals surface area (Å²) in [7, 11) is 0. The van der Waals surface area contributed by atoms with Crippen LogP contribution >= 0.6 is 24.0 Å². The van der Waals surface area contributed by atoms with Crippen molar-refractivity contribution in [3.8, 4) is 0 Å². The second-order valence-electron chi connectivity index (χ2n) is 7.40. The number of guanidine groups is 1. The maximum Gasteiger partial charge on any atom is 0.191 e.